The van der Waals surface area contributed by atoms with E-state index in [0.717, 1.165) is 10.9 Å². The highest BCUT2D eigenvalue weighted by Gasteiger charge is 2.10. The second-order valence-corrected chi connectivity index (χ2v) is 3.56. The zero-order valence-corrected chi connectivity index (χ0v) is 8.63. The minimum atomic E-state index is -0.0271. The Labute approximate surface area is 87.1 Å². The first kappa shape index (κ1) is 9.65. The van der Waals surface area contributed by atoms with E-state index in [1.807, 2.05) is 6.07 Å². The van der Waals surface area contributed by atoms with E-state index in [9.17, 15) is 9.59 Å². The predicted molar refractivity (Wildman–Crippen MR) is 58.3 cm³/mol. The van der Waals surface area contributed by atoms with Gasteiger partial charge in [0.25, 0.3) is 0 Å². The Hall–Kier alpha value is -1.90. The van der Waals surface area contributed by atoms with E-state index in [1.165, 1.54) is 13.8 Å². The number of aromatic nitrogens is 1. The maximum Gasteiger partial charge on any atom is 0.175 e. The molecule has 0 unspecified atom stereocenters. The number of Topliss-reactive ketones (excluding diaryl/α,β-unsaturated/α-hetero) is 2. The molecule has 0 atom stereocenters. The molecule has 2 rings (SSSR count). The summed E-state index contributed by atoms with van der Waals surface area (Å²) in [5, 5.41) is 0.815. The highest BCUT2D eigenvalue weighted by Crippen LogP contribution is 2.20. The smallest absolute Gasteiger partial charge is 0.175 e. The highest BCUT2D eigenvalue weighted by atomic mass is 16.1. The molecule has 0 aliphatic heterocycles. The quantitative estimate of drug-likeness (QED) is 0.759. The van der Waals surface area contributed by atoms with Crippen molar-refractivity contribution < 1.29 is 9.59 Å². The Kier molecular flexibility index (Phi) is 2.15. The summed E-state index contributed by atoms with van der Waals surface area (Å²) in [5.41, 5.74) is 2.02. The topological polar surface area (TPSA) is 49.9 Å². The maximum absolute atomic E-state index is 11.3. The van der Waals surface area contributed by atoms with Crippen LogP contribution < -0.4 is 0 Å². The number of ketones is 2. The van der Waals surface area contributed by atoms with Gasteiger partial charge in [-0.2, -0.15) is 0 Å². The lowest BCUT2D eigenvalue weighted by Crippen LogP contribution is -1.91. The van der Waals surface area contributed by atoms with Crippen LogP contribution in [-0.2, 0) is 0 Å². The average molecular weight is 201 g/mol. The molecular formula is C12H11NO2. The SMILES string of the molecule is CC(=O)c1cc2c(C(C)=O)cccc2[nH]1. The van der Waals surface area contributed by atoms with Gasteiger partial charge in [-0.3, -0.25) is 9.59 Å². The first-order valence-electron chi connectivity index (χ1n) is 4.73. The molecule has 1 aromatic heterocycles. The zero-order valence-electron chi connectivity index (χ0n) is 8.63. The van der Waals surface area contributed by atoms with E-state index in [4.69, 9.17) is 0 Å². The van der Waals surface area contributed by atoms with Crippen LogP contribution in [0.3, 0.4) is 0 Å². The monoisotopic (exact) mass is 201 g/mol. The van der Waals surface area contributed by atoms with Gasteiger partial charge in [-0.1, -0.05) is 12.1 Å². The number of benzene rings is 1. The van der Waals surface area contributed by atoms with Crippen LogP contribution in [0.2, 0.25) is 0 Å². The number of nitrogens with one attached hydrogen (secondary N) is 1. The molecule has 1 aromatic carbocycles. The summed E-state index contributed by atoms with van der Waals surface area (Å²) < 4.78 is 0. The number of fused-ring (bicyclic) bond motifs is 1. The average Bonchev–Trinajstić information content (AvgIpc) is 2.60. The summed E-state index contributed by atoms with van der Waals surface area (Å²) >= 11 is 0. The molecule has 0 bridgehead atoms. The second kappa shape index (κ2) is 3.35. The van der Waals surface area contributed by atoms with Crippen LogP contribution in [0.5, 0.6) is 0 Å². The lowest BCUT2D eigenvalue weighted by Gasteiger charge is -1.96. The van der Waals surface area contributed by atoms with Crippen LogP contribution in [0.1, 0.15) is 34.7 Å². The molecule has 3 heteroatoms. The van der Waals surface area contributed by atoms with Crippen molar-refractivity contribution in [3.63, 3.8) is 0 Å². The molecule has 15 heavy (non-hydrogen) atoms. The van der Waals surface area contributed by atoms with E-state index in [0.29, 0.717) is 11.3 Å². The Morgan fingerprint density at radius 3 is 2.47 bits per heavy atom. The van der Waals surface area contributed by atoms with Crippen molar-refractivity contribution in [1.29, 1.82) is 0 Å². The van der Waals surface area contributed by atoms with E-state index in [2.05, 4.69) is 4.98 Å². The minimum absolute atomic E-state index is 0.00898. The summed E-state index contributed by atoms with van der Waals surface area (Å²) in [6, 6.07) is 7.16. The fraction of sp³-hybridized carbons (Fsp3) is 0.167. The van der Waals surface area contributed by atoms with Gasteiger partial charge in [0.05, 0.1) is 5.69 Å². The van der Waals surface area contributed by atoms with E-state index < -0.39 is 0 Å². The highest BCUT2D eigenvalue weighted by molar-refractivity contribution is 6.08. The van der Waals surface area contributed by atoms with Gasteiger partial charge in [-0.15, -0.1) is 0 Å². The summed E-state index contributed by atoms with van der Waals surface area (Å²) in [4.78, 5) is 25.5. The number of rotatable bonds is 2. The summed E-state index contributed by atoms with van der Waals surface area (Å²) in [6.45, 7) is 3.02. The fourth-order valence-electron chi connectivity index (χ4n) is 1.65. The molecule has 0 saturated carbocycles. The van der Waals surface area contributed by atoms with Crippen molar-refractivity contribution in [1.82, 2.24) is 4.98 Å². The van der Waals surface area contributed by atoms with Crippen molar-refractivity contribution in [3.05, 3.63) is 35.5 Å². The van der Waals surface area contributed by atoms with Crippen LogP contribution in [0.15, 0.2) is 24.3 Å². The van der Waals surface area contributed by atoms with Gasteiger partial charge in [0.1, 0.15) is 0 Å². The molecule has 0 fully saturated rings. The lowest BCUT2D eigenvalue weighted by atomic mass is 10.1. The first-order chi connectivity index (χ1) is 7.09. The Balaban J connectivity index is 2.75. The number of hydrogen-bond acceptors (Lipinski definition) is 2. The molecule has 1 heterocycles. The molecule has 3 nitrogen and oxygen atoms in total. The molecule has 0 aliphatic rings. The van der Waals surface area contributed by atoms with E-state index in [-0.39, 0.29) is 11.6 Å². The van der Waals surface area contributed by atoms with Gasteiger partial charge in [-0.25, -0.2) is 0 Å². The summed E-state index contributed by atoms with van der Waals surface area (Å²) in [5.74, 6) is -0.0181. The molecular weight excluding hydrogens is 190 g/mol. The number of H-pyrrole nitrogens is 1. The standard InChI is InChI=1S/C12H11NO2/c1-7(14)9-4-3-5-11-10(9)6-12(13-11)8(2)15/h3-6,13H,1-2H3. The van der Waals surface area contributed by atoms with Gasteiger partial charge in [-0.05, 0) is 19.1 Å². The second-order valence-electron chi connectivity index (χ2n) is 3.56. The fourth-order valence-corrected chi connectivity index (χ4v) is 1.65. The van der Waals surface area contributed by atoms with Crippen molar-refractivity contribution in [2.75, 3.05) is 0 Å². The first-order valence-corrected chi connectivity index (χ1v) is 4.73. The maximum atomic E-state index is 11.3. The van der Waals surface area contributed by atoms with Crippen molar-refractivity contribution >= 4 is 22.5 Å². The molecule has 2 aromatic rings. The Morgan fingerprint density at radius 2 is 1.87 bits per heavy atom. The minimum Gasteiger partial charge on any atom is -0.352 e. The molecule has 0 aliphatic carbocycles. The number of aromatic amines is 1. The predicted octanol–water partition coefficient (Wildman–Crippen LogP) is 2.57. The third kappa shape index (κ3) is 1.56. The van der Waals surface area contributed by atoms with Crippen LogP contribution in [0.25, 0.3) is 10.9 Å². The summed E-state index contributed by atoms with van der Waals surface area (Å²) in [6.07, 6.45) is 0. The van der Waals surface area contributed by atoms with E-state index >= 15 is 0 Å². The van der Waals surface area contributed by atoms with Crippen LogP contribution in [-0.4, -0.2) is 16.6 Å². The van der Waals surface area contributed by atoms with Crippen molar-refractivity contribution in [2.45, 2.75) is 13.8 Å². The number of hydrogen-bond donors (Lipinski definition) is 1. The Morgan fingerprint density at radius 1 is 1.13 bits per heavy atom. The van der Waals surface area contributed by atoms with Crippen molar-refractivity contribution in [3.8, 4) is 0 Å². The molecule has 0 radical (unpaired) electrons. The number of carbonyl (C=O) groups is 2. The van der Waals surface area contributed by atoms with Gasteiger partial charge < -0.3 is 4.98 Å². The zero-order chi connectivity index (χ0) is 11.0. The molecule has 76 valence electrons. The molecule has 1 N–H and O–H groups in total. The van der Waals surface area contributed by atoms with Crippen LogP contribution >= 0.6 is 0 Å². The summed E-state index contributed by atoms with van der Waals surface area (Å²) in [7, 11) is 0. The third-order valence-corrected chi connectivity index (χ3v) is 2.42. The van der Waals surface area contributed by atoms with Gasteiger partial charge in [0, 0.05) is 23.4 Å². The normalized spacial score (nSPS) is 10.5. The molecule has 0 saturated heterocycles. The van der Waals surface area contributed by atoms with Gasteiger partial charge >= 0.3 is 0 Å². The lowest BCUT2D eigenvalue weighted by molar-refractivity contribution is 0.100. The van der Waals surface area contributed by atoms with E-state index in [1.54, 1.807) is 18.2 Å². The van der Waals surface area contributed by atoms with Crippen LogP contribution in [0.4, 0.5) is 0 Å². The third-order valence-electron chi connectivity index (χ3n) is 2.42. The van der Waals surface area contributed by atoms with Crippen molar-refractivity contribution in [2.24, 2.45) is 0 Å². The van der Waals surface area contributed by atoms with Crippen LogP contribution in [0, 0.1) is 0 Å². The molecule has 0 amide bonds. The molecule has 0 spiro atoms. The van der Waals surface area contributed by atoms with Gasteiger partial charge in [0.2, 0.25) is 0 Å². The number of carbonyl (C=O) groups excluding carboxylic acids is 2. The Bertz CT molecular complexity index is 552. The largest absolute Gasteiger partial charge is 0.352 e. The van der Waals surface area contributed by atoms with Gasteiger partial charge in [0.15, 0.2) is 11.6 Å².